The molecule has 0 aromatic heterocycles. The Morgan fingerprint density at radius 3 is 3.00 bits per heavy atom. The first-order valence-corrected chi connectivity index (χ1v) is 7.87. The van der Waals surface area contributed by atoms with Gasteiger partial charge in [-0.3, -0.25) is 4.90 Å². The Balaban J connectivity index is 1.75. The summed E-state index contributed by atoms with van der Waals surface area (Å²) in [6.07, 6.45) is 2.63. The Kier molecular flexibility index (Phi) is 3.92. The van der Waals surface area contributed by atoms with E-state index >= 15 is 0 Å². The van der Waals surface area contributed by atoms with Crippen LogP contribution in [0.15, 0.2) is 22.7 Å². The lowest BCUT2D eigenvalue weighted by molar-refractivity contribution is 0.250. The minimum atomic E-state index is -0.181. The molecule has 2 aliphatic heterocycles. The highest BCUT2D eigenvalue weighted by Gasteiger charge is 2.36. The summed E-state index contributed by atoms with van der Waals surface area (Å²) in [4.78, 5) is 2.52. The summed E-state index contributed by atoms with van der Waals surface area (Å²) in [5.74, 6) is 0.606. The highest BCUT2D eigenvalue weighted by molar-refractivity contribution is 9.10. The number of hydrogen-bond acceptors (Lipinski definition) is 2. The molecular formula is C15H20BrFN2. The number of rotatable bonds is 2. The molecule has 2 saturated heterocycles. The van der Waals surface area contributed by atoms with Crippen molar-refractivity contribution in [1.29, 1.82) is 0 Å². The van der Waals surface area contributed by atoms with Crippen LogP contribution in [0.4, 0.5) is 4.39 Å². The van der Waals surface area contributed by atoms with E-state index in [1.807, 2.05) is 6.07 Å². The fraction of sp³-hybridized carbons (Fsp3) is 0.600. The predicted octanol–water partition coefficient (Wildman–Crippen LogP) is 3.33. The molecule has 19 heavy (non-hydrogen) atoms. The van der Waals surface area contributed by atoms with Gasteiger partial charge in [-0.2, -0.15) is 0 Å². The maximum absolute atomic E-state index is 13.2. The predicted molar refractivity (Wildman–Crippen MR) is 78.6 cm³/mol. The molecule has 1 N–H and O–H groups in total. The van der Waals surface area contributed by atoms with Crippen molar-refractivity contribution in [2.45, 2.75) is 31.8 Å². The smallest absolute Gasteiger partial charge is 0.124 e. The van der Waals surface area contributed by atoms with Gasteiger partial charge in [0, 0.05) is 29.6 Å². The molecule has 2 fully saturated rings. The summed E-state index contributed by atoms with van der Waals surface area (Å²) < 4.78 is 14.1. The molecule has 1 unspecified atom stereocenters. The lowest BCUT2D eigenvalue weighted by Gasteiger charge is -2.25. The summed E-state index contributed by atoms with van der Waals surface area (Å²) in [5.41, 5.74) is 1.18. The van der Waals surface area contributed by atoms with Crippen molar-refractivity contribution >= 4 is 15.9 Å². The molecule has 0 spiro atoms. The third-order valence-corrected chi connectivity index (χ3v) is 5.27. The zero-order valence-electron chi connectivity index (χ0n) is 11.2. The number of benzene rings is 1. The molecule has 2 nitrogen and oxygen atoms in total. The van der Waals surface area contributed by atoms with E-state index in [1.165, 1.54) is 18.4 Å². The van der Waals surface area contributed by atoms with Crippen molar-refractivity contribution < 1.29 is 4.39 Å². The van der Waals surface area contributed by atoms with Crippen molar-refractivity contribution in [2.75, 3.05) is 19.6 Å². The molecule has 0 radical (unpaired) electrons. The first-order valence-electron chi connectivity index (χ1n) is 7.07. The fourth-order valence-corrected chi connectivity index (χ4v) is 4.12. The SMILES string of the molecule is CC(c1ccc(F)cc1Br)N1C[C@@H]2CCCN[C@@H]2C1. The third-order valence-electron chi connectivity index (χ3n) is 4.59. The van der Waals surface area contributed by atoms with Crippen LogP contribution in [-0.2, 0) is 0 Å². The number of likely N-dealkylation sites (tertiary alicyclic amines) is 1. The fourth-order valence-electron chi connectivity index (χ4n) is 3.43. The van der Waals surface area contributed by atoms with E-state index in [2.05, 4.69) is 33.1 Å². The first-order chi connectivity index (χ1) is 9.15. The van der Waals surface area contributed by atoms with Crippen LogP contribution in [0.5, 0.6) is 0 Å². The van der Waals surface area contributed by atoms with Crippen LogP contribution in [0.3, 0.4) is 0 Å². The summed E-state index contributed by atoms with van der Waals surface area (Å²) in [6.45, 7) is 5.64. The Morgan fingerprint density at radius 1 is 1.42 bits per heavy atom. The summed E-state index contributed by atoms with van der Waals surface area (Å²) in [6, 6.07) is 6.00. The zero-order chi connectivity index (χ0) is 13.4. The molecule has 0 bridgehead atoms. The highest BCUT2D eigenvalue weighted by Crippen LogP contribution is 2.34. The number of nitrogens with zero attached hydrogens (tertiary/aromatic N) is 1. The molecule has 104 valence electrons. The second-order valence-electron chi connectivity index (χ2n) is 5.76. The maximum Gasteiger partial charge on any atom is 0.124 e. The molecule has 2 heterocycles. The van der Waals surface area contributed by atoms with Crippen molar-refractivity contribution in [3.63, 3.8) is 0 Å². The quantitative estimate of drug-likeness (QED) is 0.896. The molecule has 0 amide bonds. The molecular weight excluding hydrogens is 307 g/mol. The third kappa shape index (κ3) is 2.71. The number of hydrogen-bond donors (Lipinski definition) is 1. The number of nitrogens with one attached hydrogen (secondary N) is 1. The van der Waals surface area contributed by atoms with Gasteiger partial charge in [0.1, 0.15) is 5.82 Å². The monoisotopic (exact) mass is 326 g/mol. The maximum atomic E-state index is 13.2. The first kappa shape index (κ1) is 13.5. The Morgan fingerprint density at radius 2 is 2.26 bits per heavy atom. The summed E-state index contributed by atoms with van der Waals surface area (Å²) in [7, 11) is 0. The topological polar surface area (TPSA) is 15.3 Å². The lowest BCUT2D eigenvalue weighted by atomic mass is 9.94. The summed E-state index contributed by atoms with van der Waals surface area (Å²) in [5, 5.41) is 3.63. The number of piperidine rings is 1. The van der Waals surface area contributed by atoms with Gasteiger partial charge >= 0.3 is 0 Å². The van der Waals surface area contributed by atoms with E-state index in [9.17, 15) is 4.39 Å². The second-order valence-corrected chi connectivity index (χ2v) is 6.61. The zero-order valence-corrected chi connectivity index (χ0v) is 12.8. The van der Waals surface area contributed by atoms with Crippen LogP contribution in [-0.4, -0.2) is 30.6 Å². The van der Waals surface area contributed by atoms with Gasteiger partial charge < -0.3 is 5.32 Å². The van der Waals surface area contributed by atoms with Crippen molar-refractivity contribution in [3.05, 3.63) is 34.1 Å². The molecule has 4 heteroatoms. The average molecular weight is 327 g/mol. The van der Waals surface area contributed by atoms with Crippen LogP contribution in [0.2, 0.25) is 0 Å². The standard InChI is InChI=1S/C15H20BrFN2/c1-10(13-5-4-12(17)7-14(13)16)19-8-11-3-2-6-18-15(11)9-19/h4-5,7,10-11,15,18H,2-3,6,8-9H2,1H3/t10?,11-,15+/m0/s1. The lowest BCUT2D eigenvalue weighted by Crippen LogP contribution is -2.40. The van der Waals surface area contributed by atoms with Gasteiger partial charge in [-0.25, -0.2) is 4.39 Å². The number of fused-ring (bicyclic) bond motifs is 1. The van der Waals surface area contributed by atoms with Crippen molar-refractivity contribution in [1.82, 2.24) is 10.2 Å². The molecule has 3 atom stereocenters. The van der Waals surface area contributed by atoms with E-state index in [0.717, 1.165) is 30.0 Å². The normalized spacial score (nSPS) is 29.2. The van der Waals surface area contributed by atoms with Gasteiger partial charge in [-0.1, -0.05) is 22.0 Å². The van der Waals surface area contributed by atoms with Gasteiger partial charge in [-0.15, -0.1) is 0 Å². The van der Waals surface area contributed by atoms with Crippen LogP contribution in [0.25, 0.3) is 0 Å². The van der Waals surface area contributed by atoms with Crippen molar-refractivity contribution in [2.24, 2.45) is 5.92 Å². The molecule has 2 aliphatic rings. The average Bonchev–Trinajstić information content (AvgIpc) is 2.81. The van der Waals surface area contributed by atoms with Gasteiger partial charge in [0.15, 0.2) is 0 Å². The molecule has 3 rings (SSSR count). The van der Waals surface area contributed by atoms with Gasteiger partial charge in [0.05, 0.1) is 0 Å². The van der Waals surface area contributed by atoms with E-state index in [-0.39, 0.29) is 5.82 Å². The van der Waals surface area contributed by atoms with Gasteiger partial charge in [0.2, 0.25) is 0 Å². The van der Waals surface area contributed by atoms with E-state index in [0.29, 0.717) is 12.1 Å². The minimum Gasteiger partial charge on any atom is -0.312 e. The summed E-state index contributed by atoms with van der Waals surface area (Å²) >= 11 is 3.49. The Bertz CT molecular complexity index is 451. The molecule has 0 saturated carbocycles. The Labute approximate surface area is 122 Å². The molecule has 0 aliphatic carbocycles. The van der Waals surface area contributed by atoms with Crippen molar-refractivity contribution in [3.8, 4) is 0 Å². The van der Waals surface area contributed by atoms with Crippen LogP contribution in [0.1, 0.15) is 31.4 Å². The van der Waals surface area contributed by atoms with E-state index in [1.54, 1.807) is 12.1 Å². The second kappa shape index (κ2) is 5.51. The van der Waals surface area contributed by atoms with Gasteiger partial charge in [0.25, 0.3) is 0 Å². The van der Waals surface area contributed by atoms with Crippen LogP contribution < -0.4 is 5.32 Å². The van der Waals surface area contributed by atoms with E-state index < -0.39 is 0 Å². The van der Waals surface area contributed by atoms with E-state index in [4.69, 9.17) is 0 Å². The van der Waals surface area contributed by atoms with Crippen LogP contribution >= 0.6 is 15.9 Å². The highest BCUT2D eigenvalue weighted by atomic mass is 79.9. The molecule has 1 aromatic carbocycles. The number of halogens is 2. The largest absolute Gasteiger partial charge is 0.312 e. The van der Waals surface area contributed by atoms with Crippen LogP contribution in [0, 0.1) is 11.7 Å². The van der Waals surface area contributed by atoms with Gasteiger partial charge in [-0.05, 0) is 49.9 Å². The minimum absolute atomic E-state index is 0.181. The Hall–Kier alpha value is -0.450. The molecule has 1 aromatic rings.